The molecule has 0 aliphatic rings. The summed E-state index contributed by atoms with van der Waals surface area (Å²) in [6.07, 6.45) is 4.81. The van der Waals surface area contributed by atoms with Gasteiger partial charge in [-0.3, -0.25) is 10.0 Å². The number of nitrogens with zero attached hydrogens (tertiary/aromatic N) is 1. The Morgan fingerprint density at radius 1 is 1.25 bits per heavy atom. The Hall–Kier alpha value is -2.53. The van der Waals surface area contributed by atoms with E-state index in [1.54, 1.807) is 11.6 Å². The summed E-state index contributed by atoms with van der Waals surface area (Å²) in [5.41, 5.74) is 2.42. The first-order valence-corrected chi connectivity index (χ1v) is 6.25. The summed E-state index contributed by atoms with van der Waals surface area (Å²) in [4.78, 5) is 10.9. The van der Waals surface area contributed by atoms with E-state index in [0.717, 1.165) is 11.4 Å². The highest BCUT2D eigenvalue weighted by Gasteiger charge is 1.99. The molecule has 0 bridgehead atoms. The first-order valence-electron chi connectivity index (χ1n) is 6.25. The monoisotopic (exact) mass is 272 g/mol. The Labute approximate surface area is 117 Å². The maximum Gasteiger partial charge on any atom is 0.267 e. The maximum absolute atomic E-state index is 10.9. The van der Waals surface area contributed by atoms with E-state index in [0.29, 0.717) is 13.2 Å². The van der Waals surface area contributed by atoms with Crippen LogP contribution in [0, 0.1) is 0 Å². The Kier molecular flexibility index (Phi) is 4.97. The third-order valence-corrected chi connectivity index (χ3v) is 2.72. The van der Waals surface area contributed by atoms with E-state index in [4.69, 9.17) is 9.94 Å². The standard InChI is InChI=1S/C15H16N2O3/c18-15(16-19)9-8-13-5-4-10-17(13)11-12-20-14-6-2-1-3-7-14/h1-10,19H,11-12H2,(H,16,18)/b9-8+. The van der Waals surface area contributed by atoms with E-state index in [1.807, 2.05) is 53.2 Å². The predicted octanol–water partition coefficient (Wildman–Crippen LogP) is 2.09. The molecule has 104 valence electrons. The molecule has 0 saturated heterocycles. The lowest BCUT2D eigenvalue weighted by Crippen LogP contribution is -2.15. The van der Waals surface area contributed by atoms with Crippen LogP contribution in [0.4, 0.5) is 0 Å². The zero-order chi connectivity index (χ0) is 14.2. The van der Waals surface area contributed by atoms with Gasteiger partial charge in [-0.1, -0.05) is 18.2 Å². The van der Waals surface area contributed by atoms with Gasteiger partial charge in [-0.25, -0.2) is 5.48 Å². The van der Waals surface area contributed by atoms with Gasteiger partial charge in [-0.2, -0.15) is 0 Å². The molecule has 0 fully saturated rings. The van der Waals surface area contributed by atoms with Gasteiger partial charge in [0.25, 0.3) is 5.91 Å². The second-order valence-electron chi connectivity index (χ2n) is 4.10. The highest BCUT2D eigenvalue weighted by molar-refractivity contribution is 5.90. The lowest BCUT2D eigenvalue weighted by molar-refractivity contribution is -0.124. The van der Waals surface area contributed by atoms with Gasteiger partial charge in [0.15, 0.2) is 0 Å². The molecule has 1 aromatic heterocycles. The number of aromatic nitrogens is 1. The third kappa shape index (κ3) is 4.00. The molecule has 1 aromatic carbocycles. The minimum atomic E-state index is -0.557. The molecule has 0 atom stereocenters. The molecule has 2 aromatic rings. The van der Waals surface area contributed by atoms with Crippen LogP contribution in [0.15, 0.2) is 54.7 Å². The number of hydroxylamine groups is 1. The highest BCUT2D eigenvalue weighted by Crippen LogP contribution is 2.09. The predicted molar refractivity (Wildman–Crippen MR) is 75.3 cm³/mol. The van der Waals surface area contributed by atoms with E-state index >= 15 is 0 Å². The molecular formula is C15H16N2O3. The van der Waals surface area contributed by atoms with Crippen LogP contribution in [0.5, 0.6) is 5.75 Å². The van der Waals surface area contributed by atoms with Gasteiger partial charge >= 0.3 is 0 Å². The average Bonchev–Trinajstić information content (AvgIpc) is 2.93. The second kappa shape index (κ2) is 7.16. The first-order chi connectivity index (χ1) is 9.79. The Morgan fingerprint density at radius 2 is 2.05 bits per heavy atom. The summed E-state index contributed by atoms with van der Waals surface area (Å²) >= 11 is 0. The minimum Gasteiger partial charge on any atom is -0.492 e. The zero-order valence-corrected chi connectivity index (χ0v) is 10.9. The average molecular weight is 272 g/mol. The van der Waals surface area contributed by atoms with E-state index in [9.17, 15) is 4.79 Å². The molecule has 0 unspecified atom stereocenters. The van der Waals surface area contributed by atoms with Crippen molar-refractivity contribution in [2.24, 2.45) is 0 Å². The number of amides is 1. The quantitative estimate of drug-likeness (QED) is 0.481. The van der Waals surface area contributed by atoms with Gasteiger partial charge in [-0.15, -0.1) is 0 Å². The largest absolute Gasteiger partial charge is 0.492 e. The Morgan fingerprint density at radius 3 is 2.80 bits per heavy atom. The summed E-state index contributed by atoms with van der Waals surface area (Å²) in [7, 11) is 0. The molecule has 20 heavy (non-hydrogen) atoms. The molecule has 0 saturated carbocycles. The maximum atomic E-state index is 10.9. The Bertz CT molecular complexity index is 576. The lowest BCUT2D eigenvalue weighted by atomic mass is 10.3. The number of hydrogen-bond acceptors (Lipinski definition) is 3. The van der Waals surface area contributed by atoms with E-state index < -0.39 is 5.91 Å². The smallest absolute Gasteiger partial charge is 0.267 e. The van der Waals surface area contributed by atoms with Crippen molar-refractivity contribution in [3.05, 3.63) is 60.4 Å². The summed E-state index contributed by atoms with van der Waals surface area (Å²) < 4.78 is 7.58. The first kappa shape index (κ1) is 13.9. The number of para-hydroxylation sites is 1. The van der Waals surface area contributed by atoms with Crippen LogP contribution in [0.3, 0.4) is 0 Å². The second-order valence-corrected chi connectivity index (χ2v) is 4.10. The van der Waals surface area contributed by atoms with Crippen molar-refractivity contribution in [2.45, 2.75) is 6.54 Å². The van der Waals surface area contributed by atoms with Gasteiger partial charge < -0.3 is 9.30 Å². The highest BCUT2D eigenvalue weighted by atomic mass is 16.5. The van der Waals surface area contributed by atoms with Crippen molar-refractivity contribution >= 4 is 12.0 Å². The lowest BCUT2D eigenvalue weighted by Gasteiger charge is -2.08. The van der Waals surface area contributed by atoms with Crippen LogP contribution in [0.1, 0.15) is 5.69 Å². The molecule has 2 rings (SSSR count). The molecule has 0 aliphatic carbocycles. The Balaban J connectivity index is 1.89. The van der Waals surface area contributed by atoms with Gasteiger partial charge in [0, 0.05) is 18.0 Å². The fourth-order valence-electron chi connectivity index (χ4n) is 1.76. The molecule has 2 N–H and O–H groups in total. The minimum absolute atomic E-state index is 0.533. The molecule has 5 heteroatoms. The molecule has 0 spiro atoms. The number of hydrogen-bond donors (Lipinski definition) is 2. The van der Waals surface area contributed by atoms with Crippen LogP contribution < -0.4 is 10.2 Å². The molecule has 1 amide bonds. The number of carbonyl (C=O) groups excluding carboxylic acids is 1. The van der Waals surface area contributed by atoms with E-state index in [-0.39, 0.29) is 0 Å². The van der Waals surface area contributed by atoms with Crippen molar-refractivity contribution in [1.29, 1.82) is 0 Å². The normalized spacial score (nSPS) is 10.7. The zero-order valence-electron chi connectivity index (χ0n) is 10.9. The van der Waals surface area contributed by atoms with Crippen LogP contribution in [-0.2, 0) is 11.3 Å². The van der Waals surface area contributed by atoms with Crippen molar-refractivity contribution < 1.29 is 14.7 Å². The molecule has 0 radical (unpaired) electrons. The van der Waals surface area contributed by atoms with E-state index in [2.05, 4.69) is 0 Å². The number of ether oxygens (including phenoxy) is 1. The van der Waals surface area contributed by atoms with Gasteiger partial charge in [0.1, 0.15) is 12.4 Å². The van der Waals surface area contributed by atoms with Crippen molar-refractivity contribution in [3.8, 4) is 5.75 Å². The van der Waals surface area contributed by atoms with Crippen LogP contribution >= 0.6 is 0 Å². The summed E-state index contributed by atoms with van der Waals surface area (Å²) in [5.74, 6) is 0.273. The van der Waals surface area contributed by atoms with Gasteiger partial charge in [0.05, 0.1) is 6.54 Å². The van der Waals surface area contributed by atoms with Gasteiger partial charge in [0.2, 0.25) is 0 Å². The molecule has 5 nitrogen and oxygen atoms in total. The fraction of sp³-hybridized carbons (Fsp3) is 0.133. The van der Waals surface area contributed by atoms with Crippen molar-refractivity contribution in [2.75, 3.05) is 6.61 Å². The number of nitrogens with one attached hydrogen (secondary N) is 1. The molecule has 1 heterocycles. The topological polar surface area (TPSA) is 63.5 Å². The van der Waals surface area contributed by atoms with Crippen LogP contribution in [-0.4, -0.2) is 22.3 Å². The summed E-state index contributed by atoms with van der Waals surface area (Å²) in [6, 6.07) is 13.4. The number of rotatable bonds is 6. The third-order valence-electron chi connectivity index (χ3n) is 2.72. The molecular weight excluding hydrogens is 256 g/mol. The SMILES string of the molecule is O=C(/C=C/c1cccn1CCOc1ccccc1)NO. The number of carbonyl (C=O) groups is 1. The van der Waals surface area contributed by atoms with Gasteiger partial charge in [-0.05, 0) is 30.3 Å². The van der Waals surface area contributed by atoms with Crippen molar-refractivity contribution in [3.63, 3.8) is 0 Å². The van der Waals surface area contributed by atoms with E-state index in [1.165, 1.54) is 6.08 Å². The summed E-state index contributed by atoms with van der Waals surface area (Å²) in [5, 5.41) is 8.42. The number of benzene rings is 1. The fourth-order valence-corrected chi connectivity index (χ4v) is 1.76. The van der Waals surface area contributed by atoms with Crippen LogP contribution in [0.2, 0.25) is 0 Å². The van der Waals surface area contributed by atoms with Crippen molar-refractivity contribution in [1.82, 2.24) is 10.0 Å². The summed E-state index contributed by atoms with van der Waals surface area (Å²) in [6.45, 7) is 1.20. The van der Waals surface area contributed by atoms with Crippen LogP contribution in [0.25, 0.3) is 6.08 Å². The molecule has 0 aliphatic heterocycles.